The van der Waals surface area contributed by atoms with Crippen LogP contribution in [0.5, 0.6) is 5.75 Å². The molecule has 1 amide bonds. The van der Waals surface area contributed by atoms with Crippen LogP contribution in [-0.4, -0.2) is 63.0 Å². The average Bonchev–Trinajstić information content (AvgIpc) is 3.40. The van der Waals surface area contributed by atoms with E-state index in [2.05, 4.69) is 25.6 Å². The molecule has 1 aliphatic heterocycles. The molecule has 4 rings (SSSR count). The van der Waals surface area contributed by atoms with E-state index in [1.54, 1.807) is 11.8 Å². The van der Waals surface area contributed by atoms with Gasteiger partial charge in [0.1, 0.15) is 17.1 Å². The number of benzene rings is 1. The van der Waals surface area contributed by atoms with Crippen LogP contribution in [0.25, 0.3) is 16.9 Å². The first-order valence-corrected chi connectivity index (χ1v) is 9.95. The third kappa shape index (κ3) is 4.07. The first kappa shape index (κ1) is 18.6. The minimum absolute atomic E-state index is 0.0625. The van der Waals surface area contributed by atoms with Crippen molar-refractivity contribution in [1.29, 1.82) is 0 Å². The van der Waals surface area contributed by atoms with Gasteiger partial charge in [-0.3, -0.25) is 4.79 Å². The minimum atomic E-state index is -0.0625. The lowest BCUT2D eigenvalue weighted by molar-refractivity contribution is -0.119. The van der Waals surface area contributed by atoms with Crippen molar-refractivity contribution in [3.8, 4) is 11.4 Å². The van der Waals surface area contributed by atoms with Crippen molar-refractivity contribution in [2.45, 2.75) is 24.0 Å². The number of hydrogen-bond acceptors (Lipinski definition) is 8. The molecule has 1 aromatic carbocycles. The molecule has 0 unspecified atom stereocenters. The number of amides is 1. The lowest BCUT2D eigenvalue weighted by Crippen LogP contribution is -2.32. The third-order valence-corrected chi connectivity index (χ3v) is 5.37. The number of fused-ring (bicyclic) bond motifs is 1. The van der Waals surface area contributed by atoms with Gasteiger partial charge in [-0.1, -0.05) is 23.0 Å². The van der Waals surface area contributed by atoms with Crippen LogP contribution < -0.4 is 10.1 Å². The number of aromatic nitrogens is 5. The van der Waals surface area contributed by atoms with Gasteiger partial charge < -0.3 is 14.8 Å². The smallest absolute Gasteiger partial charge is 0.230 e. The monoisotopic (exact) mass is 400 g/mol. The molecule has 0 spiro atoms. The largest absolute Gasteiger partial charge is 0.497 e. The predicted molar refractivity (Wildman–Crippen MR) is 104 cm³/mol. The Bertz CT molecular complexity index is 973. The molecular formula is C18H20N6O3S. The van der Waals surface area contributed by atoms with E-state index >= 15 is 0 Å². The van der Waals surface area contributed by atoms with Gasteiger partial charge in [-0.2, -0.15) is 4.68 Å². The summed E-state index contributed by atoms with van der Waals surface area (Å²) in [4.78, 5) is 20.7. The van der Waals surface area contributed by atoms with Crippen LogP contribution in [0.3, 0.4) is 0 Å². The average molecular weight is 400 g/mol. The zero-order chi connectivity index (χ0) is 19.3. The van der Waals surface area contributed by atoms with Crippen LogP contribution >= 0.6 is 11.8 Å². The van der Waals surface area contributed by atoms with Crippen LogP contribution in [0, 0.1) is 0 Å². The second-order valence-corrected chi connectivity index (χ2v) is 7.25. The number of hydrogen-bond donors (Lipinski definition) is 1. The Labute approximate surface area is 165 Å². The van der Waals surface area contributed by atoms with Gasteiger partial charge in [-0.15, -0.1) is 5.10 Å². The summed E-state index contributed by atoms with van der Waals surface area (Å²) in [6, 6.07) is 7.47. The number of carbonyl (C=O) groups excluding carboxylic acids is 1. The Kier molecular flexibility index (Phi) is 5.68. The highest BCUT2D eigenvalue weighted by Crippen LogP contribution is 2.25. The van der Waals surface area contributed by atoms with Crippen LogP contribution in [0.15, 0.2) is 35.6 Å². The number of nitrogens with zero attached hydrogens (tertiary/aromatic N) is 5. The van der Waals surface area contributed by atoms with Crippen molar-refractivity contribution in [3.63, 3.8) is 0 Å². The standard InChI is InChI=1S/C18H20N6O3S/c1-26-13-5-2-4-12(8-13)24-17-16(22-23-24)18(21-11-20-17)28-10-15(25)19-9-14-6-3-7-27-14/h2,4-5,8,11,14H,3,6-7,9-10H2,1H3,(H,19,25)/t14-/m1/s1. The fourth-order valence-corrected chi connectivity index (χ4v) is 3.73. The number of ether oxygens (including phenoxy) is 2. The van der Waals surface area contributed by atoms with Crippen molar-refractivity contribution in [1.82, 2.24) is 30.3 Å². The zero-order valence-electron chi connectivity index (χ0n) is 15.4. The summed E-state index contributed by atoms with van der Waals surface area (Å²) in [7, 11) is 1.61. The molecule has 0 radical (unpaired) electrons. The molecule has 9 nitrogen and oxygen atoms in total. The maximum atomic E-state index is 12.1. The summed E-state index contributed by atoms with van der Waals surface area (Å²) < 4.78 is 12.4. The summed E-state index contributed by atoms with van der Waals surface area (Å²) in [5, 5.41) is 11.9. The maximum Gasteiger partial charge on any atom is 0.230 e. The van der Waals surface area contributed by atoms with Crippen molar-refractivity contribution >= 4 is 28.8 Å². The lowest BCUT2D eigenvalue weighted by Gasteiger charge is -2.10. The molecule has 1 saturated heterocycles. The normalized spacial score (nSPS) is 16.4. The van der Waals surface area contributed by atoms with E-state index in [0.29, 0.717) is 28.5 Å². The number of methoxy groups -OCH3 is 1. The van der Waals surface area contributed by atoms with E-state index in [9.17, 15) is 4.79 Å². The molecule has 146 valence electrons. The summed E-state index contributed by atoms with van der Waals surface area (Å²) in [5.41, 5.74) is 1.92. The van der Waals surface area contributed by atoms with Crippen molar-refractivity contribution in [2.75, 3.05) is 26.0 Å². The summed E-state index contributed by atoms with van der Waals surface area (Å²) >= 11 is 1.31. The zero-order valence-corrected chi connectivity index (χ0v) is 16.2. The third-order valence-electron chi connectivity index (χ3n) is 4.39. The SMILES string of the molecule is COc1cccc(-n2nnc3c(SCC(=O)NC[C@H]4CCCO4)ncnc32)c1. The van der Waals surface area contributed by atoms with Crippen LogP contribution in [-0.2, 0) is 9.53 Å². The second-order valence-electron chi connectivity index (χ2n) is 6.28. The van der Waals surface area contributed by atoms with Crippen molar-refractivity contribution in [2.24, 2.45) is 0 Å². The second kappa shape index (κ2) is 8.53. The Morgan fingerprint density at radius 1 is 1.43 bits per heavy atom. The van der Waals surface area contributed by atoms with E-state index in [1.807, 2.05) is 24.3 Å². The number of carbonyl (C=O) groups is 1. The molecule has 0 bridgehead atoms. The Hall–Kier alpha value is -2.72. The quantitative estimate of drug-likeness (QED) is 0.471. The van der Waals surface area contributed by atoms with E-state index in [0.717, 1.165) is 25.1 Å². The predicted octanol–water partition coefficient (Wildman–Crippen LogP) is 1.61. The van der Waals surface area contributed by atoms with Crippen molar-refractivity contribution < 1.29 is 14.3 Å². The molecule has 28 heavy (non-hydrogen) atoms. The maximum absolute atomic E-state index is 12.1. The first-order chi connectivity index (χ1) is 13.7. The summed E-state index contributed by atoms with van der Waals surface area (Å²) in [6.07, 6.45) is 3.63. The molecule has 0 saturated carbocycles. The lowest BCUT2D eigenvalue weighted by atomic mass is 10.2. The van der Waals surface area contributed by atoms with Gasteiger partial charge >= 0.3 is 0 Å². The highest BCUT2D eigenvalue weighted by Gasteiger charge is 2.18. The van der Waals surface area contributed by atoms with Crippen molar-refractivity contribution in [3.05, 3.63) is 30.6 Å². The molecule has 2 aromatic heterocycles. The first-order valence-electron chi connectivity index (χ1n) is 8.96. The van der Waals surface area contributed by atoms with E-state index in [-0.39, 0.29) is 17.8 Å². The Balaban J connectivity index is 1.46. The number of thioether (sulfide) groups is 1. The van der Waals surface area contributed by atoms with E-state index in [4.69, 9.17) is 9.47 Å². The highest BCUT2D eigenvalue weighted by molar-refractivity contribution is 8.00. The molecule has 10 heteroatoms. The molecule has 3 heterocycles. The molecule has 1 atom stereocenters. The van der Waals surface area contributed by atoms with Gasteiger partial charge in [0.2, 0.25) is 5.91 Å². The van der Waals surface area contributed by atoms with E-state index in [1.165, 1.54) is 18.1 Å². The van der Waals surface area contributed by atoms with Gasteiger partial charge in [0.15, 0.2) is 11.2 Å². The van der Waals surface area contributed by atoms with Gasteiger partial charge in [0, 0.05) is 19.2 Å². The van der Waals surface area contributed by atoms with Gasteiger partial charge in [0.05, 0.1) is 24.7 Å². The molecule has 3 aromatic rings. The number of nitrogens with one attached hydrogen (secondary N) is 1. The summed E-state index contributed by atoms with van der Waals surface area (Å²) in [6.45, 7) is 1.32. The van der Waals surface area contributed by atoms with Crippen LogP contribution in [0.2, 0.25) is 0 Å². The minimum Gasteiger partial charge on any atom is -0.497 e. The number of rotatable bonds is 7. The van der Waals surface area contributed by atoms with Gasteiger partial charge in [0.25, 0.3) is 0 Å². The Morgan fingerprint density at radius 3 is 3.18 bits per heavy atom. The Morgan fingerprint density at radius 2 is 2.36 bits per heavy atom. The topological polar surface area (TPSA) is 104 Å². The molecule has 1 N–H and O–H groups in total. The molecule has 0 aliphatic carbocycles. The van der Waals surface area contributed by atoms with Gasteiger partial charge in [-0.05, 0) is 25.0 Å². The fourth-order valence-electron chi connectivity index (χ4n) is 2.97. The molecule has 1 fully saturated rings. The molecule has 1 aliphatic rings. The summed E-state index contributed by atoms with van der Waals surface area (Å²) in [5.74, 6) is 0.894. The fraction of sp³-hybridized carbons (Fsp3) is 0.389. The van der Waals surface area contributed by atoms with Crippen LogP contribution in [0.4, 0.5) is 0 Å². The van der Waals surface area contributed by atoms with E-state index < -0.39 is 0 Å². The molecular weight excluding hydrogens is 380 g/mol. The van der Waals surface area contributed by atoms with Crippen LogP contribution in [0.1, 0.15) is 12.8 Å². The van der Waals surface area contributed by atoms with Gasteiger partial charge in [-0.25, -0.2) is 9.97 Å². The highest BCUT2D eigenvalue weighted by atomic mass is 32.2.